The van der Waals surface area contributed by atoms with Gasteiger partial charge in [0, 0.05) is 42.7 Å². The average Bonchev–Trinajstić information content (AvgIpc) is 3.02. The molecule has 0 spiro atoms. The number of morpholine rings is 1. The highest BCUT2D eigenvalue weighted by Crippen LogP contribution is 2.31. The fourth-order valence-electron chi connectivity index (χ4n) is 4.21. The third-order valence-electron chi connectivity index (χ3n) is 5.70. The highest BCUT2D eigenvalue weighted by atomic mass is 35.5. The highest BCUT2D eigenvalue weighted by Gasteiger charge is 2.30. The number of nitrogens with two attached hydrogens (primary N) is 1. The molecule has 1 aliphatic heterocycles. The number of rotatable bonds is 6. The van der Waals surface area contributed by atoms with Crippen molar-refractivity contribution in [2.24, 2.45) is 11.7 Å². The fourth-order valence-corrected chi connectivity index (χ4v) is 4.50. The standard InChI is InChI=1S/C20H29ClFN3O2.2ClH/c1-13-12-25(8-9-27-13)18(20-15(21)5-3-6-16(20)22)11-24-19(26)10-14-4-2-7-17(14)23;;/h3,5-6,13-14,17-18H,2,4,7-12,23H2,1H3,(H,24,26);2*1H/t13?,14-,17+,18?;;/m0../s1. The molecule has 2 fully saturated rings. The molecule has 166 valence electrons. The molecular formula is C20H31Cl3FN3O2. The van der Waals surface area contributed by atoms with Crippen LogP contribution >= 0.6 is 36.4 Å². The Morgan fingerprint density at radius 1 is 1.41 bits per heavy atom. The summed E-state index contributed by atoms with van der Waals surface area (Å²) in [6.45, 7) is 4.22. The molecule has 1 amide bonds. The van der Waals surface area contributed by atoms with E-state index in [4.69, 9.17) is 22.1 Å². The third-order valence-corrected chi connectivity index (χ3v) is 6.03. The number of benzene rings is 1. The Morgan fingerprint density at radius 3 is 2.79 bits per heavy atom. The summed E-state index contributed by atoms with van der Waals surface area (Å²) in [6, 6.07) is 4.48. The topological polar surface area (TPSA) is 67.6 Å². The second-order valence-electron chi connectivity index (χ2n) is 7.69. The monoisotopic (exact) mass is 469 g/mol. The van der Waals surface area contributed by atoms with Crippen LogP contribution in [0.4, 0.5) is 4.39 Å². The third kappa shape index (κ3) is 6.94. The van der Waals surface area contributed by atoms with Gasteiger partial charge in [0.1, 0.15) is 5.82 Å². The molecule has 0 bridgehead atoms. The second kappa shape index (κ2) is 12.3. The van der Waals surface area contributed by atoms with Gasteiger partial charge in [-0.3, -0.25) is 9.69 Å². The zero-order valence-electron chi connectivity index (χ0n) is 16.6. The molecule has 3 N–H and O–H groups in total. The number of nitrogens with zero attached hydrogens (tertiary/aromatic N) is 1. The van der Waals surface area contributed by atoms with Crippen LogP contribution in [0, 0.1) is 11.7 Å². The molecule has 29 heavy (non-hydrogen) atoms. The van der Waals surface area contributed by atoms with Gasteiger partial charge in [-0.15, -0.1) is 24.8 Å². The van der Waals surface area contributed by atoms with E-state index in [1.54, 1.807) is 12.1 Å². The second-order valence-corrected chi connectivity index (χ2v) is 8.10. The summed E-state index contributed by atoms with van der Waals surface area (Å²) < 4.78 is 20.2. The summed E-state index contributed by atoms with van der Waals surface area (Å²) in [7, 11) is 0. The first kappa shape index (κ1) is 26.4. The molecule has 9 heteroatoms. The summed E-state index contributed by atoms with van der Waals surface area (Å²) in [5.74, 6) is -0.140. The van der Waals surface area contributed by atoms with Crippen LogP contribution in [0.1, 0.15) is 44.2 Å². The van der Waals surface area contributed by atoms with Gasteiger partial charge in [-0.2, -0.15) is 0 Å². The minimum atomic E-state index is -0.348. The van der Waals surface area contributed by atoms with Crippen LogP contribution in [0.5, 0.6) is 0 Å². The quantitative estimate of drug-likeness (QED) is 0.665. The number of carbonyl (C=O) groups is 1. The largest absolute Gasteiger partial charge is 0.376 e. The molecule has 1 saturated carbocycles. The molecule has 1 aromatic carbocycles. The van der Waals surface area contributed by atoms with Crippen LogP contribution < -0.4 is 11.1 Å². The van der Waals surface area contributed by atoms with Crippen LogP contribution in [0.3, 0.4) is 0 Å². The van der Waals surface area contributed by atoms with Crippen molar-refractivity contribution in [1.82, 2.24) is 10.2 Å². The van der Waals surface area contributed by atoms with E-state index >= 15 is 0 Å². The van der Waals surface area contributed by atoms with E-state index in [9.17, 15) is 9.18 Å². The van der Waals surface area contributed by atoms with Crippen molar-refractivity contribution in [2.75, 3.05) is 26.2 Å². The van der Waals surface area contributed by atoms with E-state index in [1.807, 2.05) is 6.92 Å². The number of halogens is 4. The van der Waals surface area contributed by atoms with Crippen molar-refractivity contribution in [3.8, 4) is 0 Å². The summed E-state index contributed by atoms with van der Waals surface area (Å²) in [4.78, 5) is 14.6. The maximum Gasteiger partial charge on any atom is 0.220 e. The normalized spacial score (nSPS) is 25.6. The van der Waals surface area contributed by atoms with Gasteiger partial charge in [0.15, 0.2) is 0 Å². The minimum absolute atomic E-state index is 0. The summed E-state index contributed by atoms with van der Waals surface area (Å²) in [6.07, 6.45) is 3.55. The SMILES string of the molecule is CC1CN(C(CNC(=O)C[C@@H]2CCC[C@H]2N)c2c(F)cccc2Cl)CCO1.Cl.Cl. The maximum atomic E-state index is 14.6. The number of carbonyl (C=O) groups excluding carboxylic acids is 1. The molecular weight excluding hydrogens is 440 g/mol. The first-order valence-electron chi connectivity index (χ1n) is 9.77. The Balaban J connectivity index is 0.00000210. The van der Waals surface area contributed by atoms with E-state index in [-0.39, 0.29) is 60.6 Å². The Morgan fingerprint density at radius 2 is 2.17 bits per heavy atom. The first-order chi connectivity index (χ1) is 13.0. The van der Waals surface area contributed by atoms with Gasteiger partial charge in [0.05, 0.1) is 18.8 Å². The van der Waals surface area contributed by atoms with E-state index in [0.29, 0.717) is 43.2 Å². The van der Waals surface area contributed by atoms with E-state index in [1.165, 1.54) is 6.07 Å². The Labute approximate surface area is 189 Å². The lowest BCUT2D eigenvalue weighted by atomic mass is 9.99. The number of ether oxygens (including phenoxy) is 1. The predicted molar refractivity (Wildman–Crippen MR) is 119 cm³/mol. The van der Waals surface area contributed by atoms with Gasteiger partial charge >= 0.3 is 0 Å². The van der Waals surface area contributed by atoms with Gasteiger partial charge in [-0.05, 0) is 37.8 Å². The van der Waals surface area contributed by atoms with Gasteiger partial charge in [-0.25, -0.2) is 4.39 Å². The summed E-state index contributed by atoms with van der Waals surface area (Å²) >= 11 is 6.32. The van der Waals surface area contributed by atoms with Crippen LogP contribution in [-0.4, -0.2) is 49.2 Å². The molecule has 1 heterocycles. The lowest BCUT2D eigenvalue weighted by molar-refractivity contribution is -0.122. The van der Waals surface area contributed by atoms with Crippen molar-refractivity contribution in [2.45, 2.75) is 50.8 Å². The molecule has 4 atom stereocenters. The average molecular weight is 471 g/mol. The predicted octanol–water partition coefficient (Wildman–Crippen LogP) is 3.72. The minimum Gasteiger partial charge on any atom is -0.376 e. The smallest absolute Gasteiger partial charge is 0.220 e. The van der Waals surface area contributed by atoms with Crippen molar-refractivity contribution in [1.29, 1.82) is 0 Å². The molecule has 0 aromatic heterocycles. The first-order valence-corrected chi connectivity index (χ1v) is 10.2. The van der Waals surface area contributed by atoms with E-state index in [2.05, 4.69) is 10.2 Å². The molecule has 1 aromatic rings. The maximum absolute atomic E-state index is 14.6. The molecule has 0 radical (unpaired) electrons. The lowest BCUT2D eigenvalue weighted by Crippen LogP contribution is -2.47. The molecule has 5 nitrogen and oxygen atoms in total. The van der Waals surface area contributed by atoms with E-state index in [0.717, 1.165) is 19.3 Å². The number of amides is 1. The Bertz CT molecular complexity index is 648. The molecule has 1 saturated heterocycles. The van der Waals surface area contributed by atoms with Crippen molar-refractivity contribution in [3.63, 3.8) is 0 Å². The molecule has 3 rings (SSSR count). The molecule has 2 unspecified atom stereocenters. The zero-order chi connectivity index (χ0) is 19.4. The van der Waals surface area contributed by atoms with Crippen molar-refractivity contribution >= 4 is 42.3 Å². The Hall–Kier alpha value is -0.630. The highest BCUT2D eigenvalue weighted by molar-refractivity contribution is 6.31. The number of nitrogens with one attached hydrogen (secondary N) is 1. The van der Waals surface area contributed by atoms with Crippen LogP contribution in [0.25, 0.3) is 0 Å². The fraction of sp³-hybridized carbons (Fsp3) is 0.650. The van der Waals surface area contributed by atoms with Gasteiger partial charge < -0.3 is 15.8 Å². The number of hydrogen-bond donors (Lipinski definition) is 2. The molecule has 1 aliphatic carbocycles. The van der Waals surface area contributed by atoms with Gasteiger partial charge in [0.2, 0.25) is 5.91 Å². The molecule has 2 aliphatic rings. The van der Waals surface area contributed by atoms with Crippen molar-refractivity contribution < 1.29 is 13.9 Å². The summed E-state index contributed by atoms with van der Waals surface area (Å²) in [5, 5.41) is 3.37. The van der Waals surface area contributed by atoms with E-state index < -0.39 is 0 Å². The van der Waals surface area contributed by atoms with Crippen molar-refractivity contribution in [3.05, 3.63) is 34.6 Å². The number of hydrogen-bond acceptors (Lipinski definition) is 4. The van der Waals surface area contributed by atoms with Crippen LogP contribution in [-0.2, 0) is 9.53 Å². The lowest BCUT2D eigenvalue weighted by Gasteiger charge is -2.38. The Kier molecular flexibility index (Phi) is 11.2. The van der Waals surface area contributed by atoms with Gasteiger partial charge in [0.25, 0.3) is 0 Å². The van der Waals surface area contributed by atoms with Crippen LogP contribution in [0.2, 0.25) is 5.02 Å². The summed E-state index contributed by atoms with van der Waals surface area (Å²) in [5.41, 5.74) is 6.51. The van der Waals surface area contributed by atoms with Gasteiger partial charge in [-0.1, -0.05) is 24.1 Å². The van der Waals surface area contributed by atoms with Crippen LogP contribution in [0.15, 0.2) is 18.2 Å². The zero-order valence-corrected chi connectivity index (χ0v) is 19.0.